The smallest absolute Gasteiger partial charge is 0.424 e. The first-order chi connectivity index (χ1) is 16.2. The molecule has 172 valence electrons. The third-order valence-electron chi connectivity index (χ3n) is 4.75. The molecule has 0 aliphatic carbocycles. The lowest BCUT2D eigenvalue weighted by molar-refractivity contribution is 0.0558. The molecule has 6 nitrogen and oxygen atoms in total. The fourth-order valence-electron chi connectivity index (χ4n) is 3.24. The lowest BCUT2D eigenvalue weighted by Crippen LogP contribution is -2.41. The monoisotopic (exact) mass is 458 g/mol. The summed E-state index contributed by atoms with van der Waals surface area (Å²) in [6.07, 6.45) is -0.935. The van der Waals surface area contributed by atoms with Gasteiger partial charge in [0.25, 0.3) is 5.91 Å². The molecule has 0 atom stereocenters. The molecule has 0 saturated heterocycles. The van der Waals surface area contributed by atoms with E-state index in [0.29, 0.717) is 16.8 Å². The van der Waals surface area contributed by atoms with E-state index in [1.165, 1.54) is 12.1 Å². The van der Waals surface area contributed by atoms with Gasteiger partial charge in [-0.3, -0.25) is 4.79 Å². The lowest BCUT2D eigenvalue weighted by Gasteiger charge is -2.25. The zero-order valence-corrected chi connectivity index (χ0v) is 19.0. The van der Waals surface area contributed by atoms with Crippen LogP contribution in [0.3, 0.4) is 0 Å². The summed E-state index contributed by atoms with van der Waals surface area (Å²) in [5, 5.41) is 0. The quantitative estimate of drug-likeness (QED) is 0.339. The van der Waals surface area contributed by atoms with E-state index < -0.39 is 23.4 Å². The number of halogens is 1. The van der Waals surface area contributed by atoms with E-state index in [2.05, 4.69) is 4.98 Å². The van der Waals surface area contributed by atoms with Crippen molar-refractivity contribution in [3.05, 3.63) is 96.3 Å². The van der Waals surface area contributed by atoms with Crippen LogP contribution < -0.4 is 4.90 Å². The predicted octanol–water partition coefficient (Wildman–Crippen LogP) is 6.73. The molecule has 2 amide bonds. The molecule has 0 spiro atoms. The van der Waals surface area contributed by atoms with Crippen LogP contribution >= 0.6 is 0 Å². The molecule has 0 fully saturated rings. The van der Waals surface area contributed by atoms with Crippen molar-refractivity contribution in [3.8, 4) is 22.7 Å². The van der Waals surface area contributed by atoms with E-state index in [4.69, 9.17) is 9.15 Å². The highest BCUT2D eigenvalue weighted by Crippen LogP contribution is 2.36. The van der Waals surface area contributed by atoms with E-state index in [-0.39, 0.29) is 17.3 Å². The maximum absolute atomic E-state index is 13.5. The van der Waals surface area contributed by atoms with Crippen molar-refractivity contribution in [1.29, 1.82) is 0 Å². The van der Waals surface area contributed by atoms with E-state index >= 15 is 0 Å². The summed E-state index contributed by atoms with van der Waals surface area (Å²) in [5.74, 6) is -1.10. The number of hydrogen-bond donors (Lipinski definition) is 0. The summed E-state index contributed by atoms with van der Waals surface area (Å²) >= 11 is 0. The molecule has 34 heavy (non-hydrogen) atoms. The van der Waals surface area contributed by atoms with Crippen molar-refractivity contribution in [3.63, 3.8) is 0 Å². The zero-order chi connectivity index (χ0) is 24.3. The minimum absolute atomic E-state index is 0.0870. The summed E-state index contributed by atoms with van der Waals surface area (Å²) in [4.78, 5) is 32.2. The molecule has 0 unspecified atom stereocenters. The van der Waals surface area contributed by atoms with Gasteiger partial charge in [-0.25, -0.2) is 14.2 Å². The molecular weight excluding hydrogens is 435 g/mol. The molecule has 1 aromatic heterocycles. The van der Waals surface area contributed by atoms with Gasteiger partial charge < -0.3 is 9.15 Å². The largest absolute Gasteiger partial charge is 0.443 e. The van der Waals surface area contributed by atoms with E-state index in [0.717, 1.165) is 17.0 Å². The number of rotatable bonds is 4. The van der Waals surface area contributed by atoms with Gasteiger partial charge in [0.15, 0.2) is 0 Å². The summed E-state index contributed by atoms with van der Waals surface area (Å²) < 4.78 is 25.1. The average Bonchev–Trinajstić information content (AvgIpc) is 3.24. The highest BCUT2D eigenvalue weighted by Gasteiger charge is 2.35. The van der Waals surface area contributed by atoms with Crippen molar-refractivity contribution in [1.82, 2.24) is 4.98 Å². The topological polar surface area (TPSA) is 72.6 Å². The van der Waals surface area contributed by atoms with Crippen LogP contribution in [0, 0.1) is 5.82 Å². The van der Waals surface area contributed by atoms with Crippen LogP contribution in [0.5, 0.6) is 0 Å². The molecule has 0 aliphatic rings. The normalized spacial score (nSPS) is 11.2. The number of ether oxygens (including phenoxy) is 1. The van der Waals surface area contributed by atoms with Crippen LogP contribution in [0.15, 0.2) is 89.3 Å². The number of imide groups is 1. The second kappa shape index (κ2) is 9.31. The van der Waals surface area contributed by atoms with Gasteiger partial charge in [0.05, 0.1) is 0 Å². The predicted molar refractivity (Wildman–Crippen MR) is 127 cm³/mol. The first-order valence-electron chi connectivity index (χ1n) is 10.7. The van der Waals surface area contributed by atoms with Crippen molar-refractivity contribution in [2.45, 2.75) is 26.4 Å². The highest BCUT2D eigenvalue weighted by molar-refractivity contribution is 6.19. The molecular formula is C27H23FN2O4. The molecule has 0 radical (unpaired) electrons. The number of aromatic nitrogens is 1. The summed E-state index contributed by atoms with van der Waals surface area (Å²) in [5.41, 5.74) is 0.811. The van der Waals surface area contributed by atoms with E-state index in [1.54, 1.807) is 32.9 Å². The van der Waals surface area contributed by atoms with E-state index in [1.807, 2.05) is 48.5 Å². The lowest BCUT2D eigenvalue weighted by atomic mass is 10.1. The maximum Gasteiger partial charge on any atom is 0.424 e. The minimum atomic E-state index is -0.935. The highest BCUT2D eigenvalue weighted by atomic mass is 19.1. The number of oxazole rings is 1. The van der Waals surface area contributed by atoms with Gasteiger partial charge in [0.2, 0.25) is 11.8 Å². The van der Waals surface area contributed by atoms with Crippen molar-refractivity contribution >= 4 is 17.9 Å². The van der Waals surface area contributed by atoms with Crippen molar-refractivity contribution in [2.24, 2.45) is 0 Å². The number of carbonyl (C=O) groups is 2. The number of amides is 2. The Labute approximate surface area is 196 Å². The van der Waals surface area contributed by atoms with Gasteiger partial charge in [0, 0.05) is 16.7 Å². The van der Waals surface area contributed by atoms with Crippen LogP contribution in [0.25, 0.3) is 22.7 Å². The molecule has 7 heteroatoms. The molecule has 1 heterocycles. The Morgan fingerprint density at radius 2 is 1.41 bits per heavy atom. The van der Waals surface area contributed by atoms with Gasteiger partial charge in [-0.15, -0.1) is 0 Å². The number of benzene rings is 3. The molecule has 0 N–H and O–H groups in total. The minimum Gasteiger partial charge on any atom is -0.443 e. The Morgan fingerprint density at radius 1 is 0.853 bits per heavy atom. The van der Waals surface area contributed by atoms with Crippen molar-refractivity contribution < 1.29 is 23.1 Å². The van der Waals surface area contributed by atoms with Crippen LogP contribution in [0.4, 0.5) is 15.1 Å². The molecule has 0 bridgehead atoms. The standard InChI is InChI=1S/C27H23FN2O4/c1-27(2,3)34-26(32)30(24(31)20-14-16-21(28)17-15-20)25-22(18-10-6-4-7-11-18)29-23(33-25)19-12-8-5-9-13-19/h4-17H,1-3H3. The number of carbonyl (C=O) groups excluding carboxylic acids is 2. The zero-order valence-electron chi connectivity index (χ0n) is 19.0. The third-order valence-corrected chi connectivity index (χ3v) is 4.75. The molecule has 4 aromatic rings. The number of nitrogens with zero attached hydrogens (tertiary/aromatic N) is 2. The van der Waals surface area contributed by atoms with Crippen LogP contribution in [-0.2, 0) is 4.74 Å². The summed E-state index contributed by atoms with van der Waals surface area (Å²) in [6, 6.07) is 23.1. The second-order valence-electron chi connectivity index (χ2n) is 8.53. The second-order valence-corrected chi connectivity index (χ2v) is 8.53. The van der Waals surface area contributed by atoms with Crippen molar-refractivity contribution in [2.75, 3.05) is 4.90 Å². The molecule has 4 rings (SSSR count). The number of anilines is 1. The molecule has 3 aromatic carbocycles. The van der Waals surface area contributed by atoms with Crippen LogP contribution in [0.1, 0.15) is 31.1 Å². The van der Waals surface area contributed by atoms with Gasteiger partial charge in [-0.2, -0.15) is 4.90 Å². The molecule has 0 aliphatic heterocycles. The van der Waals surface area contributed by atoms with Crippen LogP contribution in [-0.4, -0.2) is 22.6 Å². The summed E-state index contributed by atoms with van der Waals surface area (Å²) in [7, 11) is 0. The van der Waals surface area contributed by atoms with Gasteiger partial charge in [-0.1, -0.05) is 48.5 Å². The van der Waals surface area contributed by atoms with Crippen LogP contribution in [0.2, 0.25) is 0 Å². The Kier molecular flexibility index (Phi) is 6.27. The fraction of sp³-hybridized carbons (Fsp3) is 0.148. The maximum atomic E-state index is 13.5. The Bertz CT molecular complexity index is 1290. The molecule has 0 saturated carbocycles. The van der Waals surface area contributed by atoms with Gasteiger partial charge in [0.1, 0.15) is 17.1 Å². The Hall–Kier alpha value is -4.26. The SMILES string of the molecule is CC(C)(C)OC(=O)N(C(=O)c1ccc(F)cc1)c1oc(-c2ccccc2)nc1-c1ccccc1. The van der Waals surface area contributed by atoms with Gasteiger partial charge in [-0.05, 0) is 57.2 Å². The average molecular weight is 458 g/mol. The fourth-order valence-corrected chi connectivity index (χ4v) is 3.24. The summed E-state index contributed by atoms with van der Waals surface area (Å²) in [6.45, 7) is 5.08. The number of hydrogen-bond acceptors (Lipinski definition) is 5. The van der Waals surface area contributed by atoms with E-state index in [9.17, 15) is 14.0 Å². The first-order valence-corrected chi connectivity index (χ1v) is 10.7. The third kappa shape index (κ3) is 5.04. The Morgan fingerprint density at radius 3 is 1.97 bits per heavy atom. The Balaban J connectivity index is 1.90. The first kappa shape index (κ1) is 22.9. The van der Waals surface area contributed by atoms with Gasteiger partial charge >= 0.3 is 6.09 Å².